The Labute approximate surface area is 171 Å². The lowest BCUT2D eigenvalue weighted by atomic mass is 10.1. The third kappa shape index (κ3) is 8.26. The lowest BCUT2D eigenvalue weighted by molar-refractivity contribution is -0.140. The van der Waals surface area contributed by atoms with Gasteiger partial charge < -0.3 is 14.4 Å². The molecule has 0 aromatic carbocycles. The Kier molecular flexibility index (Phi) is 11.9. The molecule has 2 aromatic rings. The maximum Gasteiger partial charge on any atom is 0.305 e. The Bertz CT molecular complexity index is 696. The number of methoxy groups -OCH3 is 2. The molecule has 0 amide bonds. The summed E-state index contributed by atoms with van der Waals surface area (Å²) in [6.45, 7) is 7.09. The molecule has 9 heteroatoms. The zero-order chi connectivity index (χ0) is 20.8. The van der Waals surface area contributed by atoms with Crippen LogP contribution < -0.4 is 4.90 Å². The first kappa shape index (κ1) is 23.9. The molecule has 8 nitrogen and oxygen atoms in total. The van der Waals surface area contributed by atoms with Crippen molar-refractivity contribution in [1.82, 2.24) is 19.3 Å². The third-order valence-corrected chi connectivity index (χ3v) is 4.60. The molecule has 2 aromatic heterocycles. The van der Waals surface area contributed by atoms with Crippen LogP contribution in [0.25, 0.3) is 0 Å². The van der Waals surface area contributed by atoms with E-state index in [0.29, 0.717) is 13.0 Å². The summed E-state index contributed by atoms with van der Waals surface area (Å²) in [5.41, 5.74) is 0.821. The third-order valence-electron chi connectivity index (χ3n) is 3.77. The first-order valence-electron chi connectivity index (χ1n) is 9.58. The maximum atomic E-state index is 11.1. The standard InChI is InChI=1S/C17H25N5O3S.C2H6/c1-13-20-17(26-21-13)22(9-7-5-4-6-8-16(23)25-3)15-10-14(11-24-2)18-12-19-15;1-2/h10,12H,4-9,11H2,1-3H3;1-2H3. The largest absolute Gasteiger partial charge is 0.469 e. The normalized spacial score (nSPS) is 10.2. The van der Waals surface area contributed by atoms with Crippen LogP contribution in [0.1, 0.15) is 57.5 Å². The summed E-state index contributed by atoms with van der Waals surface area (Å²) in [5, 5.41) is 0.819. The quantitative estimate of drug-likeness (QED) is 0.405. The Morgan fingerprint density at radius 1 is 1.14 bits per heavy atom. The van der Waals surface area contributed by atoms with E-state index in [1.165, 1.54) is 18.6 Å². The minimum Gasteiger partial charge on any atom is -0.469 e. The molecule has 0 aliphatic rings. The van der Waals surface area contributed by atoms with Crippen molar-refractivity contribution >= 4 is 28.5 Å². The summed E-state index contributed by atoms with van der Waals surface area (Å²) in [6, 6.07) is 1.91. The van der Waals surface area contributed by atoms with Gasteiger partial charge in [0.2, 0.25) is 5.13 Å². The average Bonchev–Trinajstić information content (AvgIpc) is 3.15. The predicted octanol–water partition coefficient (Wildman–Crippen LogP) is 4.07. The van der Waals surface area contributed by atoms with Crippen molar-refractivity contribution in [2.75, 3.05) is 25.7 Å². The van der Waals surface area contributed by atoms with Crippen molar-refractivity contribution < 1.29 is 14.3 Å². The van der Waals surface area contributed by atoms with Gasteiger partial charge in [-0.05, 0) is 19.8 Å². The zero-order valence-corrected chi connectivity index (χ0v) is 18.3. The molecule has 0 saturated carbocycles. The van der Waals surface area contributed by atoms with Gasteiger partial charge >= 0.3 is 5.97 Å². The van der Waals surface area contributed by atoms with Crippen LogP contribution >= 0.6 is 11.5 Å². The number of hydrogen-bond acceptors (Lipinski definition) is 9. The van der Waals surface area contributed by atoms with Crippen molar-refractivity contribution in [3.05, 3.63) is 23.9 Å². The van der Waals surface area contributed by atoms with Crippen LogP contribution in [0.2, 0.25) is 0 Å². The maximum absolute atomic E-state index is 11.1. The van der Waals surface area contributed by atoms with E-state index in [1.807, 2.05) is 26.8 Å². The van der Waals surface area contributed by atoms with Crippen LogP contribution in [0.15, 0.2) is 12.4 Å². The fourth-order valence-corrected chi connectivity index (χ4v) is 3.17. The first-order valence-corrected chi connectivity index (χ1v) is 10.4. The van der Waals surface area contributed by atoms with Gasteiger partial charge in [0.25, 0.3) is 0 Å². The number of esters is 1. The van der Waals surface area contributed by atoms with Crippen LogP contribution in [-0.2, 0) is 20.9 Å². The van der Waals surface area contributed by atoms with E-state index in [0.717, 1.165) is 54.7 Å². The number of ether oxygens (including phenoxy) is 2. The van der Waals surface area contributed by atoms with Crippen LogP contribution in [0.4, 0.5) is 10.9 Å². The van der Waals surface area contributed by atoms with E-state index in [2.05, 4.69) is 29.0 Å². The molecular formula is C19H31N5O3S. The van der Waals surface area contributed by atoms with Gasteiger partial charge in [0.15, 0.2) is 0 Å². The Morgan fingerprint density at radius 2 is 1.89 bits per heavy atom. The highest BCUT2D eigenvalue weighted by molar-refractivity contribution is 7.09. The van der Waals surface area contributed by atoms with Crippen molar-refractivity contribution in [1.29, 1.82) is 0 Å². The van der Waals surface area contributed by atoms with Gasteiger partial charge in [-0.1, -0.05) is 26.7 Å². The van der Waals surface area contributed by atoms with Gasteiger partial charge in [-0.25, -0.2) is 15.0 Å². The van der Waals surface area contributed by atoms with Gasteiger partial charge in [-0.2, -0.15) is 4.37 Å². The van der Waals surface area contributed by atoms with Crippen LogP contribution in [-0.4, -0.2) is 46.1 Å². The fraction of sp³-hybridized carbons (Fsp3) is 0.632. The van der Waals surface area contributed by atoms with Gasteiger partial charge in [0.05, 0.1) is 19.4 Å². The number of rotatable bonds is 11. The lowest BCUT2D eigenvalue weighted by Gasteiger charge is -2.20. The number of aromatic nitrogens is 4. The van der Waals surface area contributed by atoms with E-state index in [-0.39, 0.29) is 5.97 Å². The summed E-state index contributed by atoms with van der Waals surface area (Å²) >= 11 is 1.36. The Hall–Kier alpha value is -2.13. The lowest BCUT2D eigenvalue weighted by Crippen LogP contribution is -2.20. The monoisotopic (exact) mass is 409 g/mol. The number of hydrogen-bond donors (Lipinski definition) is 0. The number of nitrogens with zero attached hydrogens (tertiary/aromatic N) is 5. The number of aryl methyl sites for hydroxylation is 1. The number of anilines is 2. The van der Waals surface area contributed by atoms with Gasteiger partial charge in [-0.3, -0.25) is 4.79 Å². The SMILES string of the molecule is CC.COCc1cc(N(CCCCCCC(=O)OC)c2nc(C)ns2)ncn1. The molecule has 0 spiro atoms. The highest BCUT2D eigenvalue weighted by Gasteiger charge is 2.15. The minimum absolute atomic E-state index is 0.150. The average molecular weight is 410 g/mol. The van der Waals surface area contributed by atoms with Crippen molar-refractivity contribution in [3.63, 3.8) is 0 Å². The zero-order valence-electron chi connectivity index (χ0n) is 17.5. The summed E-state index contributed by atoms with van der Waals surface area (Å²) in [5.74, 6) is 1.39. The molecule has 28 heavy (non-hydrogen) atoms. The topological polar surface area (TPSA) is 90.3 Å². The van der Waals surface area contributed by atoms with E-state index >= 15 is 0 Å². The van der Waals surface area contributed by atoms with Gasteiger partial charge in [0.1, 0.15) is 18.0 Å². The van der Waals surface area contributed by atoms with Crippen molar-refractivity contribution in [2.45, 2.75) is 59.5 Å². The summed E-state index contributed by atoms with van der Waals surface area (Å²) in [7, 11) is 3.06. The molecule has 0 aliphatic heterocycles. The van der Waals surface area contributed by atoms with E-state index in [1.54, 1.807) is 13.4 Å². The summed E-state index contributed by atoms with van der Waals surface area (Å²) < 4.78 is 14.1. The Morgan fingerprint density at radius 3 is 2.54 bits per heavy atom. The fourth-order valence-electron chi connectivity index (χ4n) is 2.46. The molecule has 0 N–H and O–H groups in total. The molecule has 0 aliphatic carbocycles. The molecule has 0 fully saturated rings. The number of carbonyl (C=O) groups is 1. The van der Waals surface area contributed by atoms with Crippen LogP contribution in [0, 0.1) is 6.92 Å². The second-order valence-corrected chi connectivity index (χ2v) is 6.55. The second kappa shape index (κ2) is 14.0. The molecule has 0 atom stereocenters. The first-order chi connectivity index (χ1) is 13.6. The molecule has 0 unspecified atom stereocenters. The van der Waals surface area contributed by atoms with Crippen LogP contribution in [0.3, 0.4) is 0 Å². The molecule has 156 valence electrons. The minimum atomic E-state index is -0.150. The number of unbranched alkanes of at least 4 members (excludes halogenated alkanes) is 3. The van der Waals surface area contributed by atoms with E-state index in [4.69, 9.17) is 4.74 Å². The van der Waals surface area contributed by atoms with Crippen molar-refractivity contribution in [2.24, 2.45) is 0 Å². The summed E-state index contributed by atoms with van der Waals surface area (Å²) in [4.78, 5) is 26.3. The van der Waals surface area contributed by atoms with Gasteiger partial charge in [-0.15, -0.1) is 0 Å². The van der Waals surface area contributed by atoms with E-state index < -0.39 is 0 Å². The molecule has 0 bridgehead atoms. The molecule has 2 rings (SSSR count). The smallest absolute Gasteiger partial charge is 0.305 e. The van der Waals surface area contributed by atoms with E-state index in [9.17, 15) is 4.79 Å². The predicted molar refractivity (Wildman–Crippen MR) is 111 cm³/mol. The van der Waals surface area contributed by atoms with Gasteiger partial charge in [0, 0.05) is 37.7 Å². The number of carbonyl (C=O) groups excluding carboxylic acids is 1. The molecule has 0 radical (unpaired) electrons. The second-order valence-electron chi connectivity index (χ2n) is 5.82. The highest BCUT2D eigenvalue weighted by Crippen LogP contribution is 2.26. The molecule has 2 heterocycles. The van der Waals surface area contributed by atoms with Crippen molar-refractivity contribution in [3.8, 4) is 0 Å². The molecule has 0 saturated heterocycles. The highest BCUT2D eigenvalue weighted by atomic mass is 32.1. The summed E-state index contributed by atoms with van der Waals surface area (Å²) in [6.07, 6.45) is 5.82. The molecular weight excluding hydrogens is 378 g/mol. The Balaban J connectivity index is 0.00000190. The van der Waals surface area contributed by atoms with Crippen LogP contribution in [0.5, 0.6) is 0 Å².